The molecular formula is C10H19N3O2S. The molecule has 92 valence electrons. The van der Waals surface area contributed by atoms with Gasteiger partial charge in [0.15, 0.2) is 0 Å². The van der Waals surface area contributed by atoms with E-state index in [4.69, 9.17) is 10.2 Å². The van der Waals surface area contributed by atoms with Gasteiger partial charge in [0, 0.05) is 13.0 Å². The molecular weight excluding hydrogens is 226 g/mol. The summed E-state index contributed by atoms with van der Waals surface area (Å²) in [6, 6.07) is -0.0674. The van der Waals surface area contributed by atoms with Crippen molar-refractivity contribution >= 4 is 11.8 Å². The maximum absolute atomic E-state index is 9.29. The van der Waals surface area contributed by atoms with Gasteiger partial charge in [-0.3, -0.25) is 0 Å². The van der Waals surface area contributed by atoms with Crippen LogP contribution in [-0.4, -0.2) is 33.2 Å². The monoisotopic (exact) mass is 245 g/mol. The second kappa shape index (κ2) is 6.22. The van der Waals surface area contributed by atoms with Crippen LogP contribution in [-0.2, 0) is 0 Å². The van der Waals surface area contributed by atoms with Crippen LogP contribution in [0.1, 0.15) is 26.2 Å². The van der Waals surface area contributed by atoms with Crippen molar-refractivity contribution in [3.8, 4) is 0 Å². The molecule has 3 N–H and O–H groups in total. The zero-order valence-corrected chi connectivity index (χ0v) is 10.7. The first kappa shape index (κ1) is 13.5. The van der Waals surface area contributed by atoms with E-state index in [-0.39, 0.29) is 17.9 Å². The van der Waals surface area contributed by atoms with Crippen molar-refractivity contribution in [3.63, 3.8) is 0 Å². The largest absolute Gasteiger partial charge is 0.416 e. The third kappa shape index (κ3) is 4.11. The molecule has 0 fully saturated rings. The van der Waals surface area contributed by atoms with Crippen molar-refractivity contribution in [1.29, 1.82) is 0 Å². The average Bonchev–Trinajstić information content (AvgIpc) is 2.59. The van der Waals surface area contributed by atoms with Gasteiger partial charge in [-0.2, -0.15) is 0 Å². The molecule has 0 saturated carbocycles. The van der Waals surface area contributed by atoms with E-state index in [1.807, 2.05) is 0 Å². The van der Waals surface area contributed by atoms with Gasteiger partial charge in [0.1, 0.15) is 0 Å². The van der Waals surface area contributed by atoms with Crippen LogP contribution in [0.3, 0.4) is 0 Å². The van der Waals surface area contributed by atoms with Crippen LogP contribution in [0, 0.1) is 12.8 Å². The third-order valence-electron chi connectivity index (χ3n) is 2.16. The van der Waals surface area contributed by atoms with E-state index in [1.54, 1.807) is 6.92 Å². The van der Waals surface area contributed by atoms with Gasteiger partial charge in [-0.25, -0.2) is 0 Å². The lowest BCUT2D eigenvalue weighted by Gasteiger charge is -2.21. The van der Waals surface area contributed by atoms with Crippen LogP contribution >= 0.6 is 11.8 Å². The molecule has 0 bridgehead atoms. The van der Waals surface area contributed by atoms with Gasteiger partial charge in [0.05, 0.1) is 11.9 Å². The third-order valence-corrected chi connectivity index (χ3v) is 3.33. The van der Waals surface area contributed by atoms with E-state index in [9.17, 15) is 5.11 Å². The summed E-state index contributed by atoms with van der Waals surface area (Å²) in [5.41, 5.74) is 6.01. The van der Waals surface area contributed by atoms with Gasteiger partial charge in [-0.05, 0) is 12.3 Å². The Labute approximate surface area is 99.8 Å². The van der Waals surface area contributed by atoms with Crippen molar-refractivity contribution in [3.05, 3.63) is 5.89 Å². The molecule has 1 rings (SSSR count). The average molecular weight is 245 g/mol. The Balaban J connectivity index is 2.54. The minimum atomic E-state index is -0.0951. The van der Waals surface area contributed by atoms with Crippen molar-refractivity contribution in [1.82, 2.24) is 10.2 Å². The van der Waals surface area contributed by atoms with E-state index in [2.05, 4.69) is 24.0 Å². The van der Waals surface area contributed by atoms with E-state index < -0.39 is 0 Å². The zero-order valence-electron chi connectivity index (χ0n) is 9.88. The summed E-state index contributed by atoms with van der Waals surface area (Å²) < 4.78 is 5.25. The molecule has 0 aliphatic heterocycles. The number of aromatic nitrogens is 2. The first-order valence-corrected chi connectivity index (χ1v) is 6.24. The summed E-state index contributed by atoms with van der Waals surface area (Å²) in [6.45, 7) is 5.96. The highest BCUT2D eigenvalue weighted by Gasteiger charge is 2.21. The molecule has 0 saturated heterocycles. The van der Waals surface area contributed by atoms with Crippen molar-refractivity contribution in [2.45, 2.75) is 43.7 Å². The molecule has 0 aromatic carbocycles. The predicted octanol–water partition coefficient (Wildman–Crippen LogP) is 1.20. The van der Waals surface area contributed by atoms with Gasteiger partial charge < -0.3 is 15.3 Å². The highest BCUT2D eigenvalue weighted by molar-refractivity contribution is 7.99. The van der Waals surface area contributed by atoms with Crippen LogP contribution < -0.4 is 5.73 Å². The number of rotatable bonds is 6. The number of hydrogen-bond acceptors (Lipinski definition) is 6. The van der Waals surface area contributed by atoms with Crippen LogP contribution in [0.15, 0.2) is 9.64 Å². The summed E-state index contributed by atoms with van der Waals surface area (Å²) in [4.78, 5) is 0. The number of aliphatic hydroxyl groups is 1. The Morgan fingerprint density at radius 3 is 2.56 bits per heavy atom. The van der Waals surface area contributed by atoms with Crippen LogP contribution in [0.4, 0.5) is 0 Å². The van der Waals surface area contributed by atoms with E-state index in [1.165, 1.54) is 11.8 Å². The molecule has 0 aliphatic rings. The number of nitrogens with two attached hydrogens (primary N) is 1. The quantitative estimate of drug-likeness (QED) is 0.733. The molecule has 1 heterocycles. The molecule has 1 aromatic rings. The smallest absolute Gasteiger partial charge is 0.276 e. The molecule has 2 atom stereocenters. The van der Waals surface area contributed by atoms with Crippen molar-refractivity contribution in [2.24, 2.45) is 11.7 Å². The maximum Gasteiger partial charge on any atom is 0.276 e. The molecule has 5 nitrogen and oxygen atoms in total. The van der Waals surface area contributed by atoms with Crippen molar-refractivity contribution in [2.75, 3.05) is 6.61 Å². The minimum absolute atomic E-state index is 0.0139. The lowest BCUT2D eigenvalue weighted by Crippen LogP contribution is -2.36. The highest BCUT2D eigenvalue weighted by Crippen LogP contribution is 2.25. The number of aliphatic hydroxyl groups excluding tert-OH is 1. The van der Waals surface area contributed by atoms with E-state index in [0.29, 0.717) is 17.0 Å². The van der Waals surface area contributed by atoms with E-state index >= 15 is 0 Å². The fourth-order valence-corrected chi connectivity index (χ4v) is 2.29. The second-order valence-electron chi connectivity index (χ2n) is 4.22. The molecule has 6 heteroatoms. The number of nitrogens with zero attached hydrogens (tertiary/aromatic N) is 2. The highest BCUT2D eigenvalue weighted by atomic mass is 32.2. The lowest BCUT2D eigenvalue weighted by molar-refractivity contribution is 0.273. The Morgan fingerprint density at radius 2 is 2.12 bits per heavy atom. The Morgan fingerprint density at radius 1 is 1.44 bits per heavy atom. The number of hydrogen-bond donors (Lipinski definition) is 2. The Hall–Kier alpha value is -0.590. The summed E-state index contributed by atoms with van der Waals surface area (Å²) in [6.07, 6.45) is 0.866. The van der Waals surface area contributed by atoms with Crippen molar-refractivity contribution < 1.29 is 9.52 Å². The fourth-order valence-electron chi connectivity index (χ4n) is 1.41. The number of thioether (sulfide) groups is 1. The molecule has 0 radical (unpaired) electrons. The molecule has 0 spiro atoms. The second-order valence-corrected chi connectivity index (χ2v) is 5.41. The molecule has 0 aliphatic carbocycles. The first-order chi connectivity index (χ1) is 7.52. The van der Waals surface area contributed by atoms with Gasteiger partial charge in [-0.1, -0.05) is 25.6 Å². The van der Waals surface area contributed by atoms with Crippen LogP contribution in [0.5, 0.6) is 0 Å². The predicted molar refractivity (Wildman–Crippen MR) is 63.2 cm³/mol. The van der Waals surface area contributed by atoms with Gasteiger partial charge in [0.2, 0.25) is 5.89 Å². The summed E-state index contributed by atoms with van der Waals surface area (Å²) in [7, 11) is 0. The van der Waals surface area contributed by atoms with Crippen LogP contribution in [0.25, 0.3) is 0 Å². The molecule has 0 amide bonds. The van der Waals surface area contributed by atoms with Crippen LogP contribution in [0.2, 0.25) is 0 Å². The fraction of sp³-hybridized carbons (Fsp3) is 0.800. The maximum atomic E-state index is 9.29. The summed E-state index contributed by atoms with van der Waals surface area (Å²) in [5.74, 6) is 1.03. The summed E-state index contributed by atoms with van der Waals surface area (Å²) >= 11 is 1.34. The normalized spacial score (nSPS) is 15.4. The summed E-state index contributed by atoms with van der Waals surface area (Å²) in [5, 5.41) is 17.3. The molecule has 2 unspecified atom stereocenters. The van der Waals surface area contributed by atoms with Gasteiger partial charge >= 0.3 is 0 Å². The Kier molecular flexibility index (Phi) is 5.24. The lowest BCUT2D eigenvalue weighted by atomic mass is 10.0. The minimum Gasteiger partial charge on any atom is -0.416 e. The SMILES string of the molecule is Cc1nnc(SC(CO)C(N)CC(C)C)o1. The molecule has 16 heavy (non-hydrogen) atoms. The molecule has 1 aromatic heterocycles. The zero-order chi connectivity index (χ0) is 12.1. The number of aryl methyl sites for hydroxylation is 1. The topological polar surface area (TPSA) is 85.2 Å². The van der Waals surface area contributed by atoms with Gasteiger partial charge in [0.25, 0.3) is 5.22 Å². The van der Waals surface area contributed by atoms with E-state index in [0.717, 1.165) is 6.42 Å². The standard InChI is InChI=1S/C10H19N3O2S/c1-6(2)4-8(11)9(5-14)16-10-13-12-7(3)15-10/h6,8-9,14H,4-5,11H2,1-3H3. The Bertz CT molecular complexity index is 317. The first-order valence-electron chi connectivity index (χ1n) is 5.36. The van der Waals surface area contributed by atoms with Gasteiger partial charge in [-0.15, -0.1) is 10.2 Å².